The zero-order valence-corrected chi connectivity index (χ0v) is 5.56. The Hall–Kier alpha value is 0.931. The summed E-state index contributed by atoms with van der Waals surface area (Å²) in [6, 6.07) is 0. The van der Waals surface area contributed by atoms with Crippen LogP contribution in [-0.2, 0) is 19.2 Å². The molecule has 0 radical (unpaired) electrons. The van der Waals surface area contributed by atoms with E-state index in [1.54, 1.807) is 0 Å². The van der Waals surface area contributed by atoms with Gasteiger partial charge < -0.3 is 0 Å². The van der Waals surface area contributed by atoms with Crippen LogP contribution < -0.4 is 0 Å². The summed E-state index contributed by atoms with van der Waals surface area (Å²) in [6.07, 6.45) is 0.120. The second kappa shape index (κ2) is 2.19. The fraction of sp³-hybridized carbons (Fsp3) is 1.00. The van der Waals surface area contributed by atoms with Crippen LogP contribution in [0.15, 0.2) is 0 Å². The van der Waals surface area contributed by atoms with Gasteiger partial charge in [-0.25, -0.2) is 0 Å². The normalized spacial score (nSPS) is 7.00. The van der Waals surface area contributed by atoms with Gasteiger partial charge in [0.25, 0.3) is 0 Å². The van der Waals surface area contributed by atoms with Gasteiger partial charge in [-0.2, -0.15) is 0 Å². The second-order valence-electron chi connectivity index (χ2n) is 1.00. The van der Waals surface area contributed by atoms with Crippen molar-refractivity contribution in [3.05, 3.63) is 0 Å². The predicted octanol–water partition coefficient (Wildman–Crippen LogP) is 0.784. The SMILES string of the molecule is C[Si](C)=[Ti+]. The van der Waals surface area contributed by atoms with Crippen molar-refractivity contribution in [2.75, 3.05) is 0 Å². The zero-order chi connectivity index (χ0) is 3.58. The summed E-state index contributed by atoms with van der Waals surface area (Å²) in [7, 11) is 0. The van der Waals surface area contributed by atoms with Crippen LogP contribution in [-0.4, -0.2) is 6.19 Å². The molecule has 0 aromatic heterocycles. The number of hydrogen-bond acceptors (Lipinski definition) is 0. The van der Waals surface area contributed by atoms with Crippen LogP contribution in [0.2, 0.25) is 13.1 Å². The van der Waals surface area contributed by atoms with Gasteiger partial charge in [0.05, 0.1) is 0 Å². The summed E-state index contributed by atoms with van der Waals surface area (Å²) in [5.74, 6) is 0. The Labute approximate surface area is 38.8 Å². The third-order valence-electron chi connectivity index (χ3n) is 0. The van der Waals surface area contributed by atoms with E-state index in [9.17, 15) is 0 Å². The summed E-state index contributed by atoms with van der Waals surface area (Å²) in [6.45, 7) is 4.54. The Morgan fingerprint density at radius 1 is 1.50 bits per heavy atom. The van der Waals surface area contributed by atoms with Gasteiger partial charge in [0.1, 0.15) is 0 Å². The molecule has 0 aliphatic heterocycles. The third-order valence-corrected chi connectivity index (χ3v) is 0. The Bertz CT molecular complexity index is 29.0. The van der Waals surface area contributed by atoms with E-state index in [1.807, 2.05) is 0 Å². The van der Waals surface area contributed by atoms with Gasteiger partial charge in [0.2, 0.25) is 0 Å². The Kier molecular flexibility index (Phi) is 2.69. The first-order valence-electron chi connectivity index (χ1n) is 1.25. The van der Waals surface area contributed by atoms with Crippen LogP contribution in [0.4, 0.5) is 0 Å². The van der Waals surface area contributed by atoms with E-state index in [4.69, 9.17) is 0 Å². The summed E-state index contributed by atoms with van der Waals surface area (Å²) >= 11 is 2.27. The molecule has 0 spiro atoms. The molecular formula is C2H6SiTi+. The molecule has 4 heavy (non-hydrogen) atoms. The third kappa shape index (κ3) is 12.6. The predicted molar refractivity (Wildman–Crippen MR) is 17.5 cm³/mol. The summed E-state index contributed by atoms with van der Waals surface area (Å²) in [5, 5.41) is 0. The van der Waals surface area contributed by atoms with Gasteiger partial charge in [-0.1, -0.05) is 0 Å². The Balaban J connectivity index is 2.80. The van der Waals surface area contributed by atoms with Crippen molar-refractivity contribution < 1.29 is 19.2 Å². The van der Waals surface area contributed by atoms with Crippen molar-refractivity contribution in [3.63, 3.8) is 0 Å². The molecule has 0 rings (SSSR count). The van der Waals surface area contributed by atoms with E-state index in [-0.39, 0.29) is 6.19 Å². The molecule has 0 fully saturated rings. The molecule has 21 valence electrons. The first kappa shape index (κ1) is 4.93. The molecule has 0 bridgehead atoms. The molecule has 0 N–H and O–H groups in total. The second-order valence-corrected chi connectivity index (χ2v) is 7.68. The van der Waals surface area contributed by atoms with Gasteiger partial charge in [-0.15, -0.1) is 0 Å². The minimum atomic E-state index is 0.120. The molecule has 0 aromatic carbocycles. The molecule has 0 unspecified atom stereocenters. The van der Waals surface area contributed by atoms with Crippen LogP contribution in [0.5, 0.6) is 0 Å². The molecule has 0 aliphatic rings. The van der Waals surface area contributed by atoms with Crippen LogP contribution in [0.3, 0.4) is 0 Å². The molecule has 0 nitrogen and oxygen atoms in total. The van der Waals surface area contributed by atoms with Crippen molar-refractivity contribution in [2.45, 2.75) is 13.1 Å². The van der Waals surface area contributed by atoms with Gasteiger partial charge in [0.15, 0.2) is 0 Å². The first-order chi connectivity index (χ1) is 1.73. The topological polar surface area (TPSA) is 0 Å². The van der Waals surface area contributed by atoms with E-state index in [0.29, 0.717) is 0 Å². The van der Waals surface area contributed by atoms with Crippen LogP contribution >= 0.6 is 0 Å². The monoisotopic (exact) mass is 106 g/mol. The van der Waals surface area contributed by atoms with E-state index >= 15 is 0 Å². The van der Waals surface area contributed by atoms with Gasteiger partial charge in [-0.3, -0.25) is 0 Å². The maximum atomic E-state index is 2.27. The summed E-state index contributed by atoms with van der Waals surface area (Å²) in [5.41, 5.74) is 0. The molecule has 0 saturated heterocycles. The van der Waals surface area contributed by atoms with Gasteiger partial charge in [0, 0.05) is 0 Å². The fourth-order valence-electron chi connectivity index (χ4n) is 0. The zero-order valence-electron chi connectivity index (χ0n) is 3.00. The quantitative estimate of drug-likeness (QED) is 0.400. The van der Waals surface area contributed by atoms with Crippen LogP contribution in [0, 0.1) is 0 Å². The molecule has 2 heteroatoms. The van der Waals surface area contributed by atoms with Crippen molar-refractivity contribution in [2.24, 2.45) is 0 Å². The fourth-order valence-corrected chi connectivity index (χ4v) is 0. The van der Waals surface area contributed by atoms with Crippen molar-refractivity contribution in [3.8, 4) is 0 Å². The first-order valence-corrected chi connectivity index (χ1v) is 6.09. The molecule has 0 aliphatic carbocycles. The van der Waals surface area contributed by atoms with Crippen LogP contribution in [0.1, 0.15) is 0 Å². The Morgan fingerprint density at radius 2 is 1.50 bits per heavy atom. The number of rotatable bonds is 0. The van der Waals surface area contributed by atoms with E-state index in [1.165, 1.54) is 0 Å². The van der Waals surface area contributed by atoms with Gasteiger partial charge >= 0.3 is 38.5 Å². The average Bonchev–Trinajstić information content (AvgIpc) is 0.811. The minimum absolute atomic E-state index is 0.120. The van der Waals surface area contributed by atoms with Crippen LogP contribution in [0.25, 0.3) is 0 Å². The Morgan fingerprint density at radius 3 is 1.50 bits per heavy atom. The van der Waals surface area contributed by atoms with Gasteiger partial charge in [-0.05, 0) is 0 Å². The molecule has 0 saturated carbocycles. The van der Waals surface area contributed by atoms with Crippen molar-refractivity contribution >= 4 is 6.19 Å². The average molecular weight is 106 g/mol. The van der Waals surface area contributed by atoms with E-state index in [0.717, 1.165) is 0 Å². The molecular weight excluding hydrogens is 100.0 g/mol. The molecule has 0 atom stereocenters. The van der Waals surface area contributed by atoms with Crippen molar-refractivity contribution in [1.82, 2.24) is 0 Å². The molecule has 0 aromatic rings. The standard InChI is InChI=1S/C2H6Si.Ti/c1-3-2;/h1-2H3;/q;+1. The molecule has 0 heterocycles. The molecule has 0 amide bonds. The van der Waals surface area contributed by atoms with E-state index < -0.39 is 0 Å². The maximum absolute atomic E-state index is 2.27. The van der Waals surface area contributed by atoms with Crippen molar-refractivity contribution in [1.29, 1.82) is 0 Å². The summed E-state index contributed by atoms with van der Waals surface area (Å²) < 4.78 is 0. The van der Waals surface area contributed by atoms with E-state index in [2.05, 4.69) is 32.3 Å². The summed E-state index contributed by atoms with van der Waals surface area (Å²) in [4.78, 5) is 0. The number of hydrogen-bond donors (Lipinski definition) is 0.